The maximum atomic E-state index is 21.2. The fraction of sp³-hybridized carbons (Fsp3) is 1.00. The Balaban J connectivity index is 12.2. The Bertz CT molecular complexity index is 2950. The summed E-state index contributed by atoms with van der Waals surface area (Å²) in [4.78, 5) is 0. The fourth-order valence-corrected chi connectivity index (χ4v) is 24.0. The van der Waals surface area contributed by atoms with E-state index in [1.807, 2.05) is 20.8 Å². The number of sulfonamides is 7. The number of hydrogen-bond donors (Lipinski definition) is 0. The van der Waals surface area contributed by atoms with Crippen LogP contribution in [0.5, 0.6) is 0 Å². The van der Waals surface area contributed by atoms with Crippen molar-refractivity contribution >= 4 is 70.2 Å². The minimum absolute atomic E-state index is 0.0712. The SMILES string of the molecule is CCCCCCCCCC[N+](C)(C)C(N(F)S(=O)(=O)CCCCCCCC)(N(F)S(=O)(=O)CCCCCCCC)C(N(F)S(=O)(=O)CCCCCCCC)(N(F)S(=O)(=O)CCCCCCCC)C(N(F)S(=O)(=O)CCCCCCCC)(N(F)S(=O)(=O)CCCCCCCC)N(F)S(=O)(=O)CCCCCCCC. The molecule has 0 fully saturated rings. The molecule has 22 nitrogen and oxygen atoms in total. The maximum Gasteiger partial charge on any atom is 0.341 e. The monoisotopic (exact) mass is 1690 g/mol. The zero-order valence-electron chi connectivity index (χ0n) is 67.3. The van der Waals surface area contributed by atoms with Gasteiger partial charge in [-0.2, -0.15) is 0 Å². The summed E-state index contributed by atoms with van der Waals surface area (Å²) in [5.74, 6) is -26.9. The van der Waals surface area contributed by atoms with Gasteiger partial charge in [-0.05, 0) is 57.8 Å². The fourth-order valence-electron chi connectivity index (χ4n) is 13.7. The van der Waals surface area contributed by atoms with Gasteiger partial charge in [-0.15, -0.1) is 31.4 Å². The van der Waals surface area contributed by atoms with Crippen LogP contribution in [0.25, 0.3) is 0 Å². The summed E-state index contributed by atoms with van der Waals surface area (Å²) in [5, 5.41) is 0. The molecule has 0 saturated heterocycles. The van der Waals surface area contributed by atoms with Crippen molar-refractivity contribution in [3.05, 3.63) is 0 Å². The summed E-state index contributed by atoms with van der Waals surface area (Å²) in [7, 11) is -48.7. The number of quaternary nitrogens is 1. The molecule has 0 aliphatic rings. The van der Waals surface area contributed by atoms with E-state index in [4.69, 9.17) is 0 Å². The van der Waals surface area contributed by atoms with Crippen molar-refractivity contribution in [2.45, 2.75) is 394 Å². The van der Waals surface area contributed by atoms with Crippen LogP contribution >= 0.6 is 0 Å². The molecule has 0 aromatic heterocycles. The number of rotatable bonds is 75. The quantitative estimate of drug-likeness (QED) is 0.0180. The molecule has 0 atom stereocenters. The van der Waals surface area contributed by atoms with Crippen LogP contribution in [0.2, 0.25) is 0 Å². The van der Waals surface area contributed by atoms with E-state index >= 15 is 90.3 Å². The molecule has 0 spiro atoms. The molecule has 0 amide bonds. The third-order valence-corrected chi connectivity index (χ3v) is 30.9. The highest BCUT2D eigenvalue weighted by Gasteiger charge is 2.97. The highest BCUT2D eigenvalue weighted by atomic mass is 32.2. The van der Waals surface area contributed by atoms with E-state index in [2.05, 4.69) is 0 Å². The van der Waals surface area contributed by atoms with E-state index in [9.17, 15) is 0 Å². The summed E-state index contributed by atoms with van der Waals surface area (Å²) >= 11 is 0. The van der Waals surface area contributed by atoms with Crippen LogP contribution in [0.15, 0.2) is 0 Å². The molecule has 0 saturated carbocycles. The van der Waals surface area contributed by atoms with Gasteiger partial charge in [0.2, 0.25) is 70.2 Å². The topological polar surface area (TPSA) is 262 Å². The van der Waals surface area contributed by atoms with Crippen LogP contribution in [0.1, 0.15) is 376 Å². The highest BCUT2D eigenvalue weighted by molar-refractivity contribution is 7.91. The third-order valence-electron chi connectivity index (χ3n) is 20.1. The predicted octanol–water partition coefficient (Wildman–Crippen LogP) is 19.3. The van der Waals surface area contributed by atoms with Crippen molar-refractivity contribution in [1.29, 1.82) is 0 Å². The molecule has 36 heteroatoms. The number of hydrogen-bond acceptors (Lipinski definition) is 14. The van der Waals surface area contributed by atoms with E-state index in [1.165, 1.54) is 0 Å². The van der Waals surface area contributed by atoms with Crippen molar-refractivity contribution in [2.24, 2.45) is 0 Å². The number of nitrogens with zero attached hydrogens (tertiary/aromatic N) is 8. The Labute approximate surface area is 647 Å². The van der Waals surface area contributed by atoms with Gasteiger partial charge in [0.25, 0.3) is 0 Å². The second kappa shape index (κ2) is 54.6. The zero-order valence-corrected chi connectivity index (χ0v) is 73.0. The predicted molar refractivity (Wildman–Crippen MR) is 419 cm³/mol. The molecule has 0 unspecified atom stereocenters. The Morgan fingerprint density at radius 2 is 0.346 bits per heavy atom. The Hall–Kier alpha value is -1.16. The van der Waals surface area contributed by atoms with E-state index in [-0.39, 0.29) is 103 Å². The minimum atomic E-state index is -7.19. The molecule has 0 rings (SSSR count). The van der Waals surface area contributed by atoms with Gasteiger partial charge in [-0.3, -0.25) is 4.48 Å². The van der Waals surface area contributed by atoms with E-state index < -0.39 is 222 Å². The lowest BCUT2D eigenvalue weighted by molar-refractivity contribution is -0.984. The Morgan fingerprint density at radius 1 is 0.206 bits per heavy atom. The molecule has 0 bridgehead atoms. The number of unbranched alkanes of at least 4 members (excludes halogenated alkanes) is 42. The molecule has 0 aromatic rings. The zero-order chi connectivity index (χ0) is 81.6. The van der Waals surface area contributed by atoms with Gasteiger partial charge in [0.1, 0.15) is 0 Å². The van der Waals surface area contributed by atoms with Gasteiger partial charge >= 0.3 is 17.2 Å². The first-order valence-corrected chi connectivity index (χ1v) is 52.2. The van der Waals surface area contributed by atoms with Gasteiger partial charge < -0.3 is 0 Å². The summed E-state index contributed by atoms with van der Waals surface area (Å²) in [6, 6.07) is 0. The minimum Gasteiger partial charge on any atom is -0.289 e. The van der Waals surface area contributed by atoms with Crippen LogP contribution < -0.4 is 0 Å². The summed E-state index contributed by atoms with van der Waals surface area (Å²) in [6.07, 6.45) is 5.43. The molecule has 0 heterocycles. The summed E-state index contributed by atoms with van der Waals surface area (Å²) in [5.41, 5.74) is -7.19. The molecular formula is C71H146F7N8O14S7+. The molecule has 0 aliphatic carbocycles. The average molecular weight is 1690 g/mol. The summed E-state index contributed by atoms with van der Waals surface area (Å²) < 4.78 is 351. The lowest BCUT2D eigenvalue weighted by Gasteiger charge is -2.64. The Kier molecular flexibility index (Phi) is 54.0. The van der Waals surface area contributed by atoms with Gasteiger partial charge in [0.15, 0.2) is 0 Å². The maximum absolute atomic E-state index is 21.2. The van der Waals surface area contributed by atoms with Gasteiger partial charge in [0.05, 0.1) is 60.9 Å². The normalized spacial score (nSPS) is 13.9. The van der Waals surface area contributed by atoms with Crippen molar-refractivity contribution in [1.82, 2.24) is 31.7 Å². The highest BCUT2D eigenvalue weighted by Crippen LogP contribution is 2.61. The smallest absolute Gasteiger partial charge is 0.289 e. The molecular weight excluding hydrogens is 1550 g/mol. The molecule has 0 N–H and O–H groups in total. The Morgan fingerprint density at radius 3 is 0.523 bits per heavy atom. The van der Waals surface area contributed by atoms with Crippen LogP contribution in [-0.2, 0) is 70.2 Å². The first-order chi connectivity index (χ1) is 50.3. The standard InChI is InChI=1S/C71H146F7N8O14S7/c1-11-19-27-35-43-44-45-53-61-86(9,10)71(84(77)106(97,98)67-59-51-41-33-25-17-7,85(78)107(99,100)68-60-52-42-34-26-18-8)69(79(72)101(87,88)62-54-46-36-28-20-12-2,80(73)102(89,90)63-55-47-37-29-21-13-3)70(81(74)103(91,92)64-56-48-38-30-22-14-4,82(75)104(93,94)65-57-49-39-31-23-15-5)83(76)105(95,96)66-58-50-40-32-24-16-6/h11-68H2,1-10H3/q+1. The second-order valence-corrected chi connectivity index (χ2v) is 43.2. The van der Waals surface area contributed by atoms with Crippen molar-refractivity contribution in [2.75, 3.05) is 60.9 Å². The largest absolute Gasteiger partial charge is 0.341 e. The van der Waals surface area contributed by atoms with E-state index in [1.54, 1.807) is 34.6 Å². The van der Waals surface area contributed by atoms with Gasteiger partial charge in [0, 0.05) is 31.7 Å². The lowest BCUT2D eigenvalue weighted by atomic mass is 9.91. The summed E-state index contributed by atoms with van der Waals surface area (Å²) in [6.45, 7) is 13.2. The molecule has 0 aromatic carbocycles. The first kappa shape index (κ1) is 106. The third kappa shape index (κ3) is 32.8. The van der Waals surface area contributed by atoms with Crippen LogP contribution in [0.4, 0.5) is 31.4 Å². The van der Waals surface area contributed by atoms with E-state index in [0.29, 0.717) is 168 Å². The average Bonchev–Trinajstić information content (AvgIpc) is 0.642. The van der Waals surface area contributed by atoms with Crippen molar-refractivity contribution in [3.8, 4) is 0 Å². The number of halogens is 7. The van der Waals surface area contributed by atoms with E-state index in [0.717, 1.165) is 12.8 Å². The van der Waals surface area contributed by atoms with Crippen molar-refractivity contribution in [3.63, 3.8) is 0 Å². The lowest BCUT2D eigenvalue weighted by Crippen LogP contribution is -2.99. The molecule has 644 valence electrons. The molecule has 0 aliphatic heterocycles. The second-order valence-electron chi connectivity index (χ2n) is 29.9. The molecule has 107 heavy (non-hydrogen) atoms. The molecule has 0 radical (unpaired) electrons. The van der Waals surface area contributed by atoms with Gasteiger partial charge in [-0.1, -0.05) is 319 Å². The number of likely N-dealkylation sites (N-methyl/N-ethyl adjacent to an activating group) is 1. The van der Waals surface area contributed by atoms with Crippen LogP contribution in [0, 0.1) is 0 Å². The van der Waals surface area contributed by atoms with Gasteiger partial charge in [-0.25, -0.2) is 58.9 Å². The van der Waals surface area contributed by atoms with Crippen molar-refractivity contribution < 1.29 is 94.8 Å². The van der Waals surface area contributed by atoms with Crippen LogP contribution in [0.3, 0.4) is 0 Å². The van der Waals surface area contributed by atoms with Crippen LogP contribution in [-0.4, -0.2) is 173 Å². The first-order valence-electron chi connectivity index (χ1n) is 41.0.